The van der Waals surface area contributed by atoms with Gasteiger partial charge in [-0.15, -0.1) is 0 Å². The normalized spacial score (nSPS) is 12.0. The van der Waals surface area contributed by atoms with E-state index in [1.54, 1.807) is 45.0 Å². The molecule has 0 bridgehead atoms. The molecule has 0 radical (unpaired) electrons. The van der Waals surface area contributed by atoms with Gasteiger partial charge in [-0.2, -0.15) is 0 Å². The lowest BCUT2D eigenvalue weighted by atomic mass is 10.2. The van der Waals surface area contributed by atoms with Crippen molar-refractivity contribution in [2.45, 2.75) is 31.3 Å². The maximum Gasteiger partial charge on any atom is 0.316 e. The van der Waals surface area contributed by atoms with Gasteiger partial charge in [0.15, 0.2) is 15.7 Å². The van der Waals surface area contributed by atoms with Crippen LogP contribution in [0, 0.1) is 0 Å². The molecule has 2 aromatic rings. The van der Waals surface area contributed by atoms with Crippen molar-refractivity contribution in [1.82, 2.24) is 9.97 Å². The Bertz CT molecular complexity index is 887. The minimum absolute atomic E-state index is 0.184. The van der Waals surface area contributed by atoms with Crippen LogP contribution in [0.1, 0.15) is 26.5 Å². The lowest BCUT2D eigenvalue weighted by molar-refractivity contribution is 0.259. The first kappa shape index (κ1) is 18.7. The van der Waals surface area contributed by atoms with Gasteiger partial charge in [0.25, 0.3) is 0 Å². The monoisotopic (exact) mass is 363 g/mol. The van der Waals surface area contributed by atoms with Crippen molar-refractivity contribution < 1.29 is 13.2 Å². The van der Waals surface area contributed by atoms with Gasteiger partial charge in [0.1, 0.15) is 5.82 Å². The lowest BCUT2D eigenvalue weighted by Gasteiger charge is -2.19. The highest BCUT2D eigenvalue weighted by atomic mass is 32.2. The van der Waals surface area contributed by atoms with Gasteiger partial charge >= 0.3 is 6.03 Å². The summed E-state index contributed by atoms with van der Waals surface area (Å²) in [6.07, 6.45) is 0. The maximum absolute atomic E-state index is 12.4. The number of urea groups is 1. The van der Waals surface area contributed by atoms with Gasteiger partial charge < -0.3 is 16.8 Å². The predicted octanol–water partition coefficient (Wildman–Crippen LogP) is 1.93. The van der Waals surface area contributed by atoms with Crippen LogP contribution in [0.5, 0.6) is 0 Å². The van der Waals surface area contributed by atoms with Crippen LogP contribution in [-0.2, 0) is 15.6 Å². The zero-order valence-electron chi connectivity index (χ0n) is 14.3. The van der Waals surface area contributed by atoms with E-state index in [1.165, 1.54) is 6.07 Å². The number of anilines is 2. The molecule has 0 unspecified atom stereocenters. The Labute approximate surface area is 146 Å². The molecule has 0 aliphatic carbocycles. The molecule has 2 amide bonds. The number of sulfone groups is 1. The Hall–Kier alpha value is -2.68. The summed E-state index contributed by atoms with van der Waals surface area (Å²) >= 11 is 0. The van der Waals surface area contributed by atoms with Gasteiger partial charge in [0.05, 0.1) is 16.2 Å². The Morgan fingerprint density at radius 3 is 2.28 bits per heavy atom. The minimum Gasteiger partial charge on any atom is -0.384 e. The maximum atomic E-state index is 12.4. The molecule has 0 aliphatic heterocycles. The summed E-state index contributed by atoms with van der Waals surface area (Å²) in [4.78, 5) is 19.3. The number of rotatable bonds is 4. The van der Waals surface area contributed by atoms with Crippen LogP contribution in [-0.4, -0.2) is 29.2 Å². The summed E-state index contributed by atoms with van der Waals surface area (Å²) in [5.74, 6) is 0.269. The van der Waals surface area contributed by atoms with Crippen LogP contribution in [0.2, 0.25) is 0 Å². The zero-order valence-corrected chi connectivity index (χ0v) is 15.1. The van der Waals surface area contributed by atoms with Gasteiger partial charge in [0.2, 0.25) is 0 Å². The number of nitrogen functional groups attached to an aromatic ring is 1. The largest absolute Gasteiger partial charge is 0.384 e. The van der Waals surface area contributed by atoms with Crippen LogP contribution >= 0.6 is 0 Å². The van der Waals surface area contributed by atoms with E-state index in [9.17, 15) is 13.2 Å². The zero-order chi connectivity index (χ0) is 18.8. The highest BCUT2D eigenvalue weighted by molar-refractivity contribution is 7.91. The molecule has 0 atom stereocenters. The number of nitrogens with one attached hydrogen (secondary N) is 1. The van der Waals surface area contributed by atoms with Crippen LogP contribution in [0.15, 0.2) is 30.3 Å². The molecule has 1 aromatic heterocycles. The van der Waals surface area contributed by atoms with E-state index in [-0.39, 0.29) is 11.6 Å². The molecule has 0 spiro atoms. The number of aromatic nitrogens is 2. The summed E-state index contributed by atoms with van der Waals surface area (Å²) in [7, 11) is -3.39. The van der Waals surface area contributed by atoms with E-state index in [1.807, 2.05) is 0 Å². The molecule has 25 heavy (non-hydrogen) atoms. The van der Waals surface area contributed by atoms with Gasteiger partial charge in [0, 0.05) is 17.3 Å². The first-order valence-corrected chi connectivity index (χ1v) is 9.16. The number of carbonyl (C=O) groups is 1. The van der Waals surface area contributed by atoms with E-state index in [2.05, 4.69) is 15.3 Å². The summed E-state index contributed by atoms with van der Waals surface area (Å²) < 4.78 is 23.9. The van der Waals surface area contributed by atoms with Gasteiger partial charge in [-0.05, 0) is 45.0 Å². The van der Waals surface area contributed by atoms with Crippen molar-refractivity contribution in [3.05, 3.63) is 36.0 Å². The number of nitrogens with zero attached hydrogens (tertiary/aromatic N) is 2. The highest BCUT2D eigenvalue weighted by Gasteiger charge is 2.29. The van der Waals surface area contributed by atoms with Crippen LogP contribution < -0.4 is 16.8 Å². The fourth-order valence-corrected chi connectivity index (χ4v) is 2.95. The fourth-order valence-electron chi connectivity index (χ4n) is 1.98. The number of hydrogen-bond donors (Lipinski definition) is 3. The SMILES string of the molecule is CC(C)(C)S(=O)(=O)Cc1cc(N)nc(-c2ccc(NC(N)=O)cc2)n1. The van der Waals surface area contributed by atoms with Crippen LogP contribution in [0.25, 0.3) is 11.4 Å². The van der Waals surface area contributed by atoms with Crippen molar-refractivity contribution in [1.29, 1.82) is 0 Å². The molecule has 9 heteroatoms. The Morgan fingerprint density at radius 2 is 1.76 bits per heavy atom. The second-order valence-corrected chi connectivity index (χ2v) is 9.29. The van der Waals surface area contributed by atoms with E-state index in [0.29, 0.717) is 22.8 Å². The molecule has 2 rings (SSSR count). The molecule has 0 saturated heterocycles. The number of hydrogen-bond acceptors (Lipinski definition) is 6. The number of amides is 2. The number of nitrogens with two attached hydrogens (primary N) is 2. The molecule has 5 N–H and O–H groups in total. The fraction of sp³-hybridized carbons (Fsp3) is 0.312. The first-order chi connectivity index (χ1) is 11.5. The topological polar surface area (TPSA) is 141 Å². The van der Waals surface area contributed by atoms with Crippen LogP contribution in [0.3, 0.4) is 0 Å². The highest BCUT2D eigenvalue weighted by Crippen LogP contribution is 2.23. The second kappa shape index (κ2) is 6.67. The average Bonchev–Trinajstić information content (AvgIpc) is 2.45. The number of carbonyl (C=O) groups excluding carboxylic acids is 1. The molecule has 1 aromatic carbocycles. The summed E-state index contributed by atoms with van der Waals surface area (Å²) in [6, 6.07) is 7.43. The Morgan fingerprint density at radius 1 is 1.16 bits per heavy atom. The van der Waals surface area contributed by atoms with Crippen molar-refractivity contribution in [3.63, 3.8) is 0 Å². The summed E-state index contributed by atoms with van der Waals surface area (Å²) in [5, 5.41) is 2.45. The lowest BCUT2D eigenvalue weighted by Crippen LogP contribution is -2.29. The van der Waals surface area contributed by atoms with E-state index in [4.69, 9.17) is 11.5 Å². The van der Waals surface area contributed by atoms with E-state index in [0.717, 1.165) is 0 Å². The smallest absolute Gasteiger partial charge is 0.316 e. The van der Waals surface area contributed by atoms with Gasteiger partial charge in [-0.1, -0.05) is 0 Å². The van der Waals surface area contributed by atoms with E-state index >= 15 is 0 Å². The molecule has 0 saturated carbocycles. The molecular weight excluding hydrogens is 342 g/mol. The van der Waals surface area contributed by atoms with Gasteiger partial charge in [-0.25, -0.2) is 23.2 Å². The third kappa shape index (κ3) is 4.66. The Kier molecular flexibility index (Phi) is 4.98. The van der Waals surface area contributed by atoms with Crippen molar-refractivity contribution >= 4 is 27.4 Å². The second-order valence-electron chi connectivity index (χ2n) is 6.55. The number of primary amides is 1. The minimum atomic E-state index is -3.39. The Balaban J connectivity index is 2.35. The molecule has 8 nitrogen and oxygen atoms in total. The third-order valence-corrected chi connectivity index (χ3v) is 6.02. The predicted molar refractivity (Wildman–Crippen MR) is 97.5 cm³/mol. The average molecular weight is 363 g/mol. The van der Waals surface area contributed by atoms with Crippen LogP contribution in [0.4, 0.5) is 16.3 Å². The molecule has 0 aliphatic rings. The van der Waals surface area contributed by atoms with Gasteiger partial charge in [-0.3, -0.25) is 0 Å². The third-order valence-electron chi connectivity index (χ3n) is 3.48. The quantitative estimate of drug-likeness (QED) is 0.758. The van der Waals surface area contributed by atoms with Crippen molar-refractivity contribution in [2.75, 3.05) is 11.1 Å². The molecule has 1 heterocycles. The first-order valence-electron chi connectivity index (χ1n) is 7.50. The standard InChI is InChI=1S/C16H21N5O3S/c1-16(2,3)25(23,24)9-12-8-13(17)21-14(19-12)10-4-6-11(7-5-10)20-15(18)22/h4-8H,9H2,1-3H3,(H2,17,19,21)(H3,18,20,22). The summed E-state index contributed by atoms with van der Waals surface area (Å²) in [6.45, 7) is 4.91. The summed E-state index contributed by atoms with van der Waals surface area (Å²) in [5.41, 5.74) is 12.4. The molecule has 0 fully saturated rings. The number of benzene rings is 1. The van der Waals surface area contributed by atoms with E-state index < -0.39 is 20.6 Å². The molecule has 134 valence electrons. The van der Waals surface area contributed by atoms with Crippen molar-refractivity contribution in [2.24, 2.45) is 5.73 Å². The molecular formula is C16H21N5O3S. The van der Waals surface area contributed by atoms with Crippen molar-refractivity contribution in [3.8, 4) is 11.4 Å².